The van der Waals surface area contributed by atoms with E-state index in [1.165, 1.54) is 11.8 Å². The van der Waals surface area contributed by atoms with Gasteiger partial charge >= 0.3 is 0 Å². The minimum Gasteiger partial charge on any atom is -0.387 e. The number of ketones is 2. The fraction of sp³-hybridized carbons (Fsp3) is 0.231. The third-order valence-electron chi connectivity index (χ3n) is 4.85. The lowest BCUT2D eigenvalue weighted by Crippen LogP contribution is -2.41. The van der Waals surface area contributed by atoms with Crippen LogP contribution >= 0.6 is 11.6 Å². The smallest absolute Gasteiger partial charge is 0.258 e. The van der Waals surface area contributed by atoms with E-state index in [2.05, 4.69) is 16.0 Å². The van der Waals surface area contributed by atoms with Gasteiger partial charge in [-0.15, -0.1) is 0 Å². The van der Waals surface area contributed by atoms with Gasteiger partial charge in [0.1, 0.15) is 5.70 Å². The monoisotopic (exact) mass is 496 g/mol. The fourth-order valence-corrected chi connectivity index (χ4v) is 3.20. The molecule has 2 aliphatic rings. The van der Waals surface area contributed by atoms with Crippen LogP contribution in [0, 0.1) is 0 Å². The van der Waals surface area contributed by atoms with Crippen molar-refractivity contribution in [3.8, 4) is 0 Å². The Bertz CT molecular complexity index is 1090. The molecule has 0 saturated heterocycles. The Kier molecular flexibility index (Phi) is 11.2. The number of halogens is 1. The first-order chi connectivity index (χ1) is 16.8. The fourth-order valence-electron chi connectivity index (χ4n) is 3.07. The lowest BCUT2D eigenvalue weighted by atomic mass is 10.1. The van der Waals surface area contributed by atoms with Crippen LogP contribution in [-0.2, 0) is 9.59 Å². The zero-order valence-electron chi connectivity index (χ0n) is 19.7. The van der Waals surface area contributed by atoms with Crippen molar-refractivity contribution >= 4 is 34.3 Å². The number of amides is 1. The molecular weight excluding hydrogens is 468 g/mol. The minimum absolute atomic E-state index is 0.0854. The first kappa shape index (κ1) is 27.3. The normalized spacial score (nSPS) is 14.0. The standard InChI is InChI=1S/C13H14N2O2.C7H5ClO.C6H10N2O/c1-10(16)12-9-14-7-8-15(12)13(17)11-5-3-2-4-6-11;8-7(9)6-4-2-1-3-5-6;1-5(9)6-4-7-2-3-8-6/h2-6,9,14H,7-8H2,1H3;1-5H;4,7-8H,2-3H2,1H3. The summed E-state index contributed by atoms with van der Waals surface area (Å²) in [5, 5.41) is 8.51. The number of carbonyl (C=O) groups is 4. The molecule has 0 spiro atoms. The summed E-state index contributed by atoms with van der Waals surface area (Å²) in [5.74, 6) is -0.155. The lowest BCUT2D eigenvalue weighted by molar-refractivity contribution is -0.115. The summed E-state index contributed by atoms with van der Waals surface area (Å²) < 4.78 is 0. The molecule has 35 heavy (non-hydrogen) atoms. The van der Waals surface area contributed by atoms with Gasteiger partial charge in [0, 0.05) is 63.6 Å². The average molecular weight is 497 g/mol. The van der Waals surface area contributed by atoms with Gasteiger partial charge in [-0.2, -0.15) is 0 Å². The second kappa shape index (κ2) is 14.4. The van der Waals surface area contributed by atoms with Crippen LogP contribution in [0.3, 0.4) is 0 Å². The van der Waals surface area contributed by atoms with E-state index in [0.29, 0.717) is 35.6 Å². The Hall–Kier alpha value is -3.91. The highest BCUT2D eigenvalue weighted by Crippen LogP contribution is 2.13. The van der Waals surface area contributed by atoms with E-state index in [1.54, 1.807) is 55.7 Å². The summed E-state index contributed by atoms with van der Waals surface area (Å²) >= 11 is 5.16. The van der Waals surface area contributed by atoms with Gasteiger partial charge in [0.15, 0.2) is 11.6 Å². The summed E-state index contributed by atoms with van der Waals surface area (Å²) in [6.07, 6.45) is 3.32. The maximum absolute atomic E-state index is 12.2. The van der Waals surface area contributed by atoms with Gasteiger partial charge in [-0.3, -0.25) is 19.2 Å². The SMILES string of the molecule is CC(=O)C1=CNCCN1.CC(=O)C1=CNCCN1C(=O)c1ccccc1.O=C(Cl)c1ccccc1. The van der Waals surface area contributed by atoms with Crippen LogP contribution in [0.4, 0.5) is 0 Å². The quantitative estimate of drug-likeness (QED) is 0.558. The maximum Gasteiger partial charge on any atom is 0.258 e. The summed E-state index contributed by atoms with van der Waals surface area (Å²) in [6.45, 7) is 5.92. The molecule has 184 valence electrons. The highest BCUT2D eigenvalue weighted by atomic mass is 35.5. The maximum atomic E-state index is 12.2. The first-order valence-corrected chi connectivity index (χ1v) is 11.4. The minimum atomic E-state index is -0.407. The van der Waals surface area contributed by atoms with Crippen molar-refractivity contribution in [3.05, 3.63) is 95.6 Å². The number of rotatable bonds is 4. The number of carbonyl (C=O) groups excluding carboxylic acids is 4. The van der Waals surface area contributed by atoms with Crippen molar-refractivity contribution in [1.82, 2.24) is 20.9 Å². The molecule has 0 bridgehead atoms. The number of allylic oxidation sites excluding steroid dienone is 2. The second-order valence-electron chi connectivity index (χ2n) is 7.50. The summed E-state index contributed by atoms with van der Waals surface area (Å²) in [7, 11) is 0. The summed E-state index contributed by atoms with van der Waals surface area (Å²) in [6, 6.07) is 17.7. The summed E-state index contributed by atoms with van der Waals surface area (Å²) in [4.78, 5) is 46.2. The van der Waals surface area contributed by atoms with Crippen molar-refractivity contribution in [2.24, 2.45) is 0 Å². The third kappa shape index (κ3) is 9.10. The Labute approximate surface area is 210 Å². The molecule has 2 aromatic rings. The van der Waals surface area contributed by atoms with E-state index < -0.39 is 5.24 Å². The van der Waals surface area contributed by atoms with Crippen LogP contribution in [0.25, 0.3) is 0 Å². The van der Waals surface area contributed by atoms with Gasteiger partial charge in [0.05, 0.1) is 5.70 Å². The Morgan fingerprint density at radius 2 is 1.31 bits per heavy atom. The average Bonchev–Trinajstić information content (AvgIpc) is 2.90. The molecule has 0 radical (unpaired) electrons. The molecule has 8 nitrogen and oxygen atoms in total. The van der Waals surface area contributed by atoms with Gasteiger partial charge in [0.25, 0.3) is 11.1 Å². The van der Waals surface area contributed by atoms with Crippen LogP contribution in [-0.4, -0.2) is 53.8 Å². The zero-order chi connectivity index (χ0) is 25.6. The molecule has 2 heterocycles. The van der Waals surface area contributed by atoms with E-state index >= 15 is 0 Å². The van der Waals surface area contributed by atoms with E-state index in [1.807, 2.05) is 24.3 Å². The van der Waals surface area contributed by atoms with Crippen molar-refractivity contribution in [2.75, 3.05) is 26.2 Å². The highest BCUT2D eigenvalue weighted by Gasteiger charge is 2.24. The van der Waals surface area contributed by atoms with Gasteiger partial charge in [-0.1, -0.05) is 48.5 Å². The Morgan fingerprint density at radius 3 is 1.74 bits per heavy atom. The van der Waals surface area contributed by atoms with Crippen molar-refractivity contribution in [2.45, 2.75) is 13.8 Å². The molecule has 0 saturated carbocycles. The van der Waals surface area contributed by atoms with E-state index in [0.717, 1.165) is 13.1 Å². The second-order valence-corrected chi connectivity index (χ2v) is 7.84. The first-order valence-electron chi connectivity index (χ1n) is 11.1. The molecule has 2 aliphatic heterocycles. The molecule has 3 N–H and O–H groups in total. The Balaban J connectivity index is 0.000000203. The highest BCUT2D eigenvalue weighted by molar-refractivity contribution is 6.67. The number of Topliss-reactive ketones (excluding diaryl/α,β-unsaturated/α-hetero) is 2. The number of hydrogen-bond donors (Lipinski definition) is 3. The van der Waals surface area contributed by atoms with E-state index in [-0.39, 0.29) is 17.5 Å². The summed E-state index contributed by atoms with van der Waals surface area (Å²) in [5.41, 5.74) is 2.24. The Morgan fingerprint density at radius 1 is 0.743 bits per heavy atom. The van der Waals surface area contributed by atoms with Gasteiger partial charge in [0.2, 0.25) is 0 Å². The van der Waals surface area contributed by atoms with Crippen molar-refractivity contribution in [1.29, 1.82) is 0 Å². The lowest BCUT2D eigenvalue weighted by Gasteiger charge is -2.27. The number of benzene rings is 2. The van der Waals surface area contributed by atoms with E-state index in [9.17, 15) is 19.2 Å². The largest absolute Gasteiger partial charge is 0.387 e. The van der Waals surface area contributed by atoms with Crippen LogP contribution < -0.4 is 16.0 Å². The molecule has 4 rings (SSSR count). The topological polar surface area (TPSA) is 108 Å². The molecule has 0 fully saturated rings. The molecule has 0 atom stereocenters. The third-order valence-corrected chi connectivity index (χ3v) is 5.07. The molecule has 0 aromatic heterocycles. The molecule has 0 aliphatic carbocycles. The van der Waals surface area contributed by atoms with Gasteiger partial charge in [-0.05, 0) is 23.7 Å². The van der Waals surface area contributed by atoms with Gasteiger partial charge < -0.3 is 20.9 Å². The molecule has 2 aromatic carbocycles. The van der Waals surface area contributed by atoms with Crippen molar-refractivity contribution in [3.63, 3.8) is 0 Å². The van der Waals surface area contributed by atoms with Crippen LogP contribution in [0.5, 0.6) is 0 Å². The number of nitrogens with zero attached hydrogens (tertiary/aromatic N) is 1. The zero-order valence-corrected chi connectivity index (χ0v) is 20.5. The molecule has 1 amide bonds. The van der Waals surface area contributed by atoms with Crippen LogP contribution in [0.2, 0.25) is 0 Å². The number of hydrogen-bond acceptors (Lipinski definition) is 7. The van der Waals surface area contributed by atoms with Crippen LogP contribution in [0.15, 0.2) is 84.5 Å². The van der Waals surface area contributed by atoms with Gasteiger partial charge in [-0.25, -0.2) is 0 Å². The van der Waals surface area contributed by atoms with Crippen LogP contribution in [0.1, 0.15) is 34.6 Å². The predicted octanol–water partition coefficient (Wildman–Crippen LogP) is 2.84. The number of nitrogens with one attached hydrogen (secondary N) is 3. The van der Waals surface area contributed by atoms with Crippen molar-refractivity contribution < 1.29 is 19.2 Å². The molecular formula is C26H29ClN4O4. The molecule has 9 heteroatoms. The molecule has 0 unspecified atom stereocenters. The predicted molar refractivity (Wildman–Crippen MR) is 136 cm³/mol. The van der Waals surface area contributed by atoms with E-state index in [4.69, 9.17) is 11.6 Å².